The zero-order valence-corrected chi connectivity index (χ0v) is 22.0. The van der Waals surface area contributed by atoms with E-state index < -0.39 is 0 Å². The highest BCUT2D eigenvalue weighted by Gasteiger charge is 2.35. The van der Waals surface area contributed by atoms with Crippen molar-refractivity contribution < 1.29 is 9.59 Å². The van der Waals surface area contributed by atoms with Crippen molar-refractivity contribution in [1.82, 2.24) is 9.80 Å². The van der Waals surface area contributed by atoms with E-state index in [0.717, 1.165) is 35.6 Å². The molecule has 6 heteroatoms. The Labute approximate surface area is 208 Å². The molecular weight excluding hydrogens is 442 g/mol. The molecule has 1 aliphatic carbocycles. The molecule has 1 aromatic heterocycles. The SMILES string of the molecule is CC1=CC(C)=NC(=O)C1CN1CCCc2sc([C@H](C)C3CCN(CC4CC4)CC3)c(C)c2C1=O. The second-order valence-corrected chi connectivity index (χ2v) is 12.3. The second kappa shape index (κ2) is 9.69. The first-order valence-corrected chi connectivity index (χ1v) is 14.0. The fourth-order valence-corrected chi connectivity index (χ4v) is 7.70. The minimum Gasteiger partial charge on any atom is -0.337 e. The summed E-state index contributed by atoms with van der Waals surface area (Å²) in [6.45, 7) is 13.3. The number of hydrogen-bond donors (Lipinski definition) is 0. The largest absolute Gasteiger partial charge is 0.337 e. The van der Waals surface area contributed by atoms with Crippen LogP contribution < -0.4 is 0 Å². The number of aryl methyl sites for hydroxylation is 1. The highest BCUT2D eigenvalue weighted by atomic mass is 32.1. The third-order valence-electron chi connectivity index (χ3n) is 8.53. The molecule has 0 spiro atoms. The van der Waals surface area contributed by atoms with Crippen molar-refractivity contribution in [1.29, 1.82) is 0 Å². The lowest BCUT2D eigenvalue weighted by molar-refractivity contribution is -0.120. The Morgan fingerprint density at radius 1 is 1.06 bits per heavy atom. The van der Waals surface area contributed by atoms with Gasteiger partial charge in [0.1, 0.15) is 0 Å². The maximum Gasteiger partial charge on any atom is 0.255 e. The monoisotopic (exact) mass is 481 g/mol. The number of piperidine rings is 1. The summed E-state index contributed by atoms with van der Waals surface area (Å²) in [6.07, 6.45) is 9.29. The molecule has 184 valence electrons. The topological polar surface area (TPSA) is 53.0 Å². The summed E-state index contributed by atoms with van der Waals surface area (Å²) >= 11 is 1.89. The van der Waals surface area contributed by atoms with Crippen molar-refractivity contribution in [2.24, 2.45) is 22.7 Å². The van der Waals surface area contributed by atoms with E-state index in [1.165, 1.54) is 60.6 Å². The van der Waals surface area contributed by atoms with E-state index in [4.69, 9.17) is 0 Å². The lowest BCUT2D eigenvalue weighted by Gasteiger charge is -2.35. The zero-order valence-electron chi connectivity index (χ0n) is 21.2. The molecule has 2 fully saturated rings. The van der Waals surface area contributed by atoms with Crippen molar-refractivity contribution in [2.45, 2.75) is 72.1 Å². The Hall–Kier alpha value is -1.79. The minimum absolute atomic E-state index is 0.112. The van der Waals surface area contributed by atoms with Gasteiger partial charge in [0, 0.05) is 35.1 Å². The number of aliphatic imine (C=N–C) groups is 1. The first-order valence-electron chi connectivity index (χ1n) is 13.2. The van der Waals surface area contributed by atoms with Gasteiger partial charge in [0.25, 0.3) is 11.8 Å². The number of dihydropyridines is 1. The number of thiophene rings is 1. The van der Waals surface area contributed by atoms with Gasteiger partial charge in [-0.2, -0.15) is 0 Å². The Kier molecular flexibility index (Phi) is 6.82. The summed E-state index contributed by atoms with van der Waals surface area (Å²) in [5.74, 6) is 1.87. The van der Waals surface area contributed by atoms with Crippen LogP contribution in [0.5, 0.6) is 0 Å². The summed E-state index contributed by atoms with van der Waals surface area (Å²) in [4.78, 5) is 37.7. The molecule has 5 rings (SSSR count). The Bertz CT molecular complexity index is 1030. The molecule has 4 aliphatic rings. The molecule has 3 aliphatic heterocycles. The molecule has 0 aromatic carbocycles. The van der Waals surface area contributed by atoms with E-state index in [2.05, 4.69) is 23.7 Å². The van der Waals surface area contributed by atoms with Gasteiger partial charge in [0.05, 0.1) is 11.5 Å². The minimum atomic E-state index is -0.313. The quantitative estimate of drug-likeness (QED) is 0.559. The van der Waals surface area contributed by atoms with Crippen LogP contribution in [0.4, 0.5) is 0 Å². The Balaban J connectivity index is 1.30. The van der Waals surface area contributed by atoms with Crippen molar-refractivity contribution in [3.05, 3.63) is 32.5 Å². The van der Waals surface area contributed by atoms with E-state index in [0.29, 0.717) is 24.9 Å². The number of amides is 2. The van der Waals surface area contributed by atoms with Gasteiger partial charge in [-0.1, -0.05) is 12.5 Å². The first kappa shape index (κ1) is 23.9. The molecule has 1 unspecified atom stereocenters. The van der Waals surface area contributed by atoms with E-state index in [-0.39, 0.29) is 17.7 Å². The fourth-order valence-electron chi connectivity index (χ4n) is 6.21. The molecule has 4 heterocycles. The molecular formula is C28H39N3O2S. The summed E-state index contributed by atoms with van der Waals surface area (Å²) in [5, 5.41) is 0. The highest BCUT2D eigenvalue weighted by Crippen LogP contribution is 2.42. The fraction of sp³-hybridized carbons (Fsp3) is 0.679. The van der Waals surface area contributed by atoms with Gasteiger partial charge in [-0.25, -0.2) is 4.99 Å². The van der Waals surface area contributed by atoms with Crippen LogP contribution in [0.25, 0.3) is 0 Å². The maximum absolute atomic E-state index is 13.7. The Morgan fingerprint density at radius 2 is 1.79 bits per heavy atom. The molecule has 2 atom stereocenters. The van der Waals surface area contributed by atoms with E-state index in [9.17, 15) is 9.59 Å². The number of nitrogens with zero attached hydrogens (tertiary/aromatic N) is 3. The summed E-state index contributed by atoms with van der Waals surface area (Å²) < 4.78 is 0. The van der Waals surface area contributed by atoms with Crippen LogP contribution in [0, 0.1) is 24.7 Å². The number of carbonyl (C=O) groups excluding carboxylic acids is 2. The molecule has 0 N–H and O–H groups in total. The number of rotatable bonds is 6. The van der Waals surface area contributed by atoms with Gasteiger partial charge in [-0.3, -0.25) is 9.59 Å². The predicted molar refractivity (Wildman–Crippen MR) is 139 cm³/mol. The van der Waals surface area contributed by atoms with Crippen molar-refractivity contribution in [3.8, 4) is 0 Å². The summed E-state index contributed by atoms with van der Waals surface area (Å²) in [7, 11) is 0. The molecule has 2 amide bonds. The molecule has 1 saturated heterocycles. The van der Waals surface area contributed by atoms with Gasteiger partial charge >= 0.3 is 0 Å². The van der Waals surface area contributed by atoms with Crippen LogP contribution in [-0.4, -0.2) is 60.0 Å². The standard InChI is InChI=1S/C28H39N3O2S/c1-17-14-18(2)29-27(32)23(17)16-31-11-5-6-24-25(28(31)33)20(4)26(34-24)19(3)22-9-12-30(13-10-22)15-21-7-8-21/h14,19,21-23H,5-13,15-16H2,1-4H3/t19-,23?/m1/s1. The van der Waals surface area contributed by atoms with Crippen LogP contribution in [0.15, 0.2) is 16.6 Å². The lowest BCUT2D eigenvalue weighted by Crippen LogP contribution is -2.39. The number of likely N-dealkylation sites (tertiary alicyclic amines) is 1. The lowest BCUT2D eigenvalue weighted by atomic mass is 9.83. The third kappa shape index (κ3) is 4.81. The zero-order chi connectivity index (χ0) is 24.0. The van der Waals surface area contributed by atoms with Gasteiger partial charge in [0.2, 0.25) is 0 Å². The molecule has 5 nitrogen and oxygen atoms in total. The van der Waals surface area contributed by atoms with E-state index in [1.54, 1.807) is 0 Å². The number of hydrogen-bond acceptors (Lipinski definition) is 4. The van der Waals surface area contributed by atoms with Crippen LogP contribution in [0.2, 0.25) is 0 Å². The van der Waals surface area contributed by atoms with Crippen molar-refractivity contribution in [2.75, 3.05) is 32.7 Å². The van der Waals surface area contributed by atoms with Gasteiger partial charge in [0.15, 0.2) is 0 Å². The Morgan fingerprint density at radius 3 is 2.47 bits per heavy atom. The predicted octanol–water partition coefficient (Wildman–Crippen LogP) is 5.23. The van der Waals surface area contributed by atoms with Crippen LogP contribution in [-0.2, 0) is 11.2 Å². The van der Waals surface area contributed by atoms with Gasteiger partial charge in [-0.15, -0.1) is 11.3 Å². The average Bonchev–Trinajstić information content (AvgIpc) is 3.57. The number of carbonyl (C=O) groups is 2. The smallest absolute Gasteiger partial charge is 0.255 e. The van der Waals surface area contributed by atoms with Crippen LogP contribution >= 0.6 is 11.3 Å². The van der Waals surface area contributed by atoms with Crippen molar-refractivity contribution in [3.63, 3.8) is 0 Å². The maximum atomic E-state index is 13.7. The van der Waals surface area contributed by atoms with Gasteiger partial charge < -0.3 is 9.80 Å². The molecule has 0 radical (unpaired) electrons. The van der Waals surface area contributed by atoms with Crippen LogP contribution in [0.3, 0.4) is 0 Å². The molecule has 1 aromatic rings. The summed E-state index contributed by atoms with van der Waals surface area (Å²) in [6, 6.07) is 0. The first-order chi connectivity index (χ1) is 16.3. The second-order valence-electron chi connectivity index (χ2n) is 11.1. The van der Waals surface area contributed by atoms with Crippen LogP contribution in [0.1, 0.15) is 84.5 Å². The molecule has 1 saturated carbocycles. The number of fused-ring (bicyclic) bond motifs is 1. The van der Waals surface area contributed by atoms with Gasteiger partial charge in [-0.05, 0) is 102 Å². The van der Waals surface area contributed by atoms with E-state index in [1.807, 2.05) is 36.2 Å². The third-order valence-corrected chi connectivity index (χ3v) is 10.1. The van der Waals surface area contributed by atoms with Crippen molar-refractivity contribution >= 4 is 28.9 Å². The highest BCUT2D eigenvalue weighted by molar-refractivity contribution is 7.12. The normalized spacial score (nSPS) is 25.6. The number of allylic oxidation sites excluding steroid dienone is 1. The van der Waals surface area contributed by atoms with E-state index >= 15 is 0 Å². The molecule has 34 heavy (non-hydrogen) atoms. The average molecular weight is 482 g/mol. The summed E-state index contributed by atoms with van der Waals surface area (Å²) in [5.41, 5.74) is 3.90. The molecule has 0 bridgehead atoms.